The smallest absolute Gasteiger partial charge is 0.00632 e. The van der Waals surface area contributed by atoms with Crippen molar-refractivity contribution in [3.05, 3.63) is 24.8 Å². The van der Waals surface area contributed by atoms with E-state index in [2.05, 4.69) is 19.2 Å². The number of hydrogen-bond acceptors (Lipinski definition) is 1. The molecule has 0 radical (unpaired) electrons. The van der Waals surface area contributed by atoms with Crippen LogP contribution in [-0.4, -0.2) is 5.75 Å². The van der Waals surface area contributed by atoms with Gasteiger partial charge < -0.3 is 0 Å². The van der Waals surface area contributed by atoms with E-state index in [4.69, 9.17) is 0 Å². The predicted octanol–water partition coefficient (Wildman–Crippen LogP) is 2.05. The Hall–Kier alpha value is -0.170. The van der Waals surface area contributed by atoms with Crippen LogP contribution < -0.4 is 0 Å². The Morgan fingerprint density at radius 3 is 2.71 bits per heavy atom. The minimum atomic E-state index is 0.921. The maximum Gasteiger partial charge on any atom is -0.00632 e. The Labute approximate surface area is 50.3 Å². The lowest BCUT2D eigenvalue weighted by molar-refractivity contribution is 1.25. The topological polar surface area (TPSA) is 0 Å². The van der Waals surface area contributed by atoms with Gasteiger partial charge in [0.25, 0.3) is 0 Å². The summed E-state index contributed by atoms with van der Waals surface area (Å²) in [5, 5.41) is 0. The molecule has 0 amide bonds. The highest BCUT2D eigenvalue weighted by atomic mass is 32.1. The van der Waals surface area contributed by atoms with Crippen molar-refractivity contribution in [1.29, 1.82) is 0 Å². The molecular weight excluding hydrogens is 104 g/mol. The van der Waals surface area contributed by atoms with Crippen LogP contribution in [0, 0.1) is 0 Å². The molecule has 0 aliphatic rings. The Bertz CT molecular complexity index is 64.6. The van der Waals surface area contributed by atoms with Crippen molar-refractivity contribution in [3.8, 4) is 0 Å². The summed E-state index contributed by atoms with van der Waals surface area (Å²) in [4.78, 5) is 0. The van der Waals surface area contributed by atoms with Crippen LogP contribution in [0.25, 0.3) is 0 Å². The summed E-state index contributed by atoms with van der Waals surface area (Å²) in [7, 11) is 0. The molecule has 0 spiro atoms. The van der Waals surface area contributed by atoms with E-state index in [0.717, 1.165) is 12.2 Å². The zero-order chi connectivity index (χ0) is 5.54. The molecule has 0 rings (SSSR count). The molecule has 0 N–H and O–H groups in total. The van der Waals surface area contributed by atoms with Gasteiger partial charge in [-0.05, 0) is 12.2 Å². The van der Waals surface area contributed by atoms with Gasteiger partial charge in [-0.25, -0.2) is 0 Å². The number of allylic oxidation sites excluding steroid dienone is 3. The normalized spacial score (nSPS) is 9.86. The SMILES string of the molecule is C=C/C=C\CCS. The molecule has 0 unspecified atom stereocenters. The van der Waals surface area contributed by atoms with Gasteiger partial charge in [-0.1, -0.05) is 24.8 Å². The molecule has 0 heterocycles. The van der Waals surface area contributed by atoms with E-state index in [1.807, 2.05) is 12.2 Å². The molecule has 0 aromatic rings. The molecule has 0 aliphatic carbocycles. The highest BCUT2D eigenvalue weighted by Gasteiger charge is 1.66. The fraction of sp³-hybridized carbons (Fsp3) is 0.333. The van der Waals surface area contributed by atoms with E-state index < -0.39 is 0 Å². The van der Waals surface area contributed by atoms with Gasteiger partial charge in [-0.3, -0.25) is 0 Å². The van der Waals surface area contributed by atoms with Gasteiger partial charge in [-0.15, -0.1) is 0 Å². The van der Waals surface area contributed by atoms with Gasteiger partial charge in [-0.2, -0.15) is 12.6 Å². The monoisotopic (exact) mass is 114 g/mol. The average molecular weight is 114 g/mol. The van der Waals surface area contributed by atoms with Crippen LogP contribution in [0.1, 0.15) is 6.42 Å². The maximum atomic E-state index is 4.01. The zero-order valence-corrected chi connectivity index (χ0v) is 5.20. The van der Waals surface area contributed by atoms with Crippen LogP contribution in [0.15, 0.2) is 24.8 Å². The second kappa shape index (κ2) is 5.83. The van der Waals surface area contributed by atoms with Crippen molar-refractivity contribution in [2.45, 2.75) is 6.42 Å². The van der Waals surface area contributed by atoms with Crippen LogP contribution >= 0.6 is 12.6 Å². The third-order valence-corrected chi connectivity index (χ3v) is 0.826. The van der Waals surface area contributed by atoms with Gasteiger partial charge >= 0.3 is 0 Å². The van der Waals surface area contributed by atoms with Gasteiger partial charge in [0, 0.05) is 0 Å². The first-order chi connectivity index (χ1) is 3.41. The third-order valence-electron chi connectivity index (χ3n) is 0.568. The van der Waals surface area contributed by atoms with Crippen molar-refractivity contribution in [3.63, 3.8) is 0 Å². The highest BCUT2D eigenvalue weighted by molar-refractivity contribution is 7.80. The van der Waals surface area contributed by atoms with E-state index >= 15 is 0 Å². The highest BCUT2D eigenvalue weighted by Crippen LogP contribution is 1.84. The molecule has 0 saturated carbocycles. The number of hydrogen-bond donors (Lipinski definition) is 1. The molecule has 40 valence electrons. The van der Waals surface area contributed by atoms with E-state index in [1.165, 1.54) is 0 Å². The second-order valence-corrected chi connectivity index (χ2v) is 1.62. The van der Waals surface area contributed by atoms with Crippen LogP contribution in [0.4, 0.5) is 0 Å². The molecule has 7 heavy (non-hydrogen) atoms. The summed E-state index contributed by atoms with van der Waals surface area (Å²) in [6.45, 7) is 3.52. The molecular formula is C6H10S. The fourth-order valence-electron chi connectivity index (χ4n) is 0.267. The first-order valence-electron chi connectivity index (χ1n) is 2.30. The average Bonchev–Trinajstić information content (AvgIpc) is 1.69. The Morgan fingerprint density at radius 2 is 2.29 bits per heavy atom. The van der Waals surface area contributed by atoms with E-state index in [0.29, 0.717) is 0 Å². The van der Waals surface area contributed by atoms with Gasteiger partial charge in [0.05, 0.1) is 0 Å². The lowest BCUT2D eigenvalue weighted by Gasteiger charge is -1.76. The largest absolute Gasteiger partial charge is 0.179 e. The van der Waals surface area contributed by atoms with Crippen LogP contribution in [0.3, 0.4) is 0 Å². The summed E-state index contributed by atoms with van der Waals surface area (Å²) in [6.07, 6.45) is 6.77. The van der Waals surface area contributed by atoms with Gasteiger partial charge in [0.2, 0.25) is 0 Å². The molecule has 0 fully saturated rings. The first-order valence-corrected chi connectivity index (χ1v) is 2.93. The first kappa shape index (κ1) is 6.83. The maximum absolute atomic E-state index is 4.01. The lowest BCUT2D eigenvalue weighted by Crippen LogP contribution is -1.62. The second-order valence-electron chi connectivity index (χ2n) is 1.18. The number of rotatable bonds is 3. The van der Waals surface area contributed by atoms with Crippen LogP contribution in [0.2, 0.25) is 0 Å². The standard InChI is InChI=1S/C6H10S/c1-2-3-4-5-6-7/h2-4,7H,1,5-6H2/b4-3-. The van der Waals surface area contributed by atoms with E-state index in [1.54, 1.807) is 6.08 Å². The van der Waals surface area contributed by atoms with Crippen molar-refractivity contribution < 1.29 is 0 Å². The van der Waals surface area contributed by atoms with Crippen molar-refractivity contribution in [1.82, 2.24) is 0 Å². The molecule has 0 bridgehead atoms. The lowest BCUT2D eigenvalue weighted by atomic mass is 10.4. The quantitative estimate of drug-likeness (QED) is 0.421. The summed E-state index contributed by atoms with van der Waals surface area (Å²) in [6, 6.07) is 0. The van der Waals surface area contributed by atoms with Gasteiger partial charge in [0.1, 0.15) is 0 Å². The summed E-state index contributed by atoms with van der Waals surface area (Å²) < 4.78 is 0. The molecule has 0 aromatic heterocycles. The fourth-order valence-corrected chi connectivity index (χ4v) is 0.416. The van der Waals surface area contributed by atoms with E-state index in [9.17, 15) is 0 Å². The Kier molecular flexibility index (Phi) is 5.69. The van der Waals surface area contributed by atoms with Crippen LogP contribution in [0.5, 0.6) is 0 Å². The Balaban J connectivity index is 2.92. The van der Waals surface area contributed by atoms with Gasteiger partial charge in [0.15, 0.2) is 0 Å². The Morgan fingerprint density at radius 1 is 1.57 bits per heavy atom. The molecule has 0 atom stereocenters. The van der Waals surface area contributed by atoms with Crippen LogP contribution in [-0.2, 0) is 0 Å². The molecule has 0 aliphatic heterocycles. The minimum Gasteiger partial charge on any atom is -0.179 e. The van der Waals surface area contributed by atoms with E-state index in [-0.39, 0.29) is 0 Å². The van der Waals surface area contributed by atoms with Crippen molar-refractivity contribution in [2.24, 2.45) is 0 Å². The predicted molar refractivity (Wildman–Crippen MR) is 37.8 cm³/mol. The minimum absolute atomic E-state index is 0.921. The molecule has 1 heteroatoms. The number of thiol groups is 1. The molecule has 0 aromatic carbocycles. The zero-order valence-electron chi connectivity index (χ0n) is 4.30. The summed E-state index contributed by atoms with van der Waals surface area (Å²) >= 11 is 4.01. The third kappa shape index (κ3) is 5.83. The summed E-state index contributed by atoms with van der Waals surface area (Å²) in [5.74, 6) is 0.921. The molecule has 0 saturated heterocycles. The van der Waals surface area contributed by atoms with Crippen molar-refractivity contribution >= 4 is 12.6 Å². The van der Waals surface area contributed by atoms with Crippen molar-refractivity contribution in [2.75, 3.05) is 5.75 Å². The molecule has 0 nitrogen and oxygen atoms in total. The summed E-state index contributed by atoms with van der Waals surface area (Å²) in [5.41, 5.74) is 0.